The molecule has 0 saturated heterocycles. The average molecular weight is 210 g/mol. The number of hydrogen-bond acceptors (Lipinski definition) is 4. The molecule has 0 bridgehead atoms. The lowest BCUT2D eigenvalue weighted by Crippen LogP contribution is -1.88. The number of hydrogen-bond donors (Lipinski definition) is 0. The second-order valence-corrected chi connectivity index (χ2v) is 3.07. The second kappa shape index (κ2) is 3.75. The summed E-state index contributed by atoms with van der Waals surface area (Å²) in [6.07, 6.45) is 3.25. The maximum absolute atomic E-state index is 5.61. The van der Waals surface area contributed by atoms with Gasteiger partial charge in [-0.3, -0.25) is 4.98 Å². The van der Waals surface area contributed by atoms with Crippen molar-refractivity contribution in [2.24, 2.45) is 0 Å². The summed E-state index contributed by atoms with van der Waals surface area (Å²) in [5, 5.41) is 3.78. The normalized spacial score (nSPS) is 10.4. The van der Waals surface area contributed by atoms with Crippen molar-refractivity contribution in [3.63, 3.8) is 0 Å². The zero-order valence-corrected chi connectivity index (χ0v) is 8.32. The molecule has 0 aromatic carbocycles. The number of aromatic nitrogens is 3. The maximum Gasteiger partial charge on any atom is 0.187 e. The lowest BCUT2D eigenvalue weighted by molar-refractivity contribution is 0.424. The van der Waals surface area contributed by atoms with Crippen molar-refractivity contribution < 1.29 is 4.52 Å². The Balaban J connectivity index is 2.44. The Hall–Kier alpha value is -1.42. The largest absolute Gasteiger partial charge is 0.354 e. The van der Waals surface area contributed by atoms with E-state index in [2.05, 4.69) is 15.1 Å². The highest BCUT2D eigenvalue weighted by molar-refractivity contribution is 6.16. The number of alkyl halides is 1. The van der Waals surface area contributed by atoms with Crippen LogP contribution in [0.25, 0.3) is 11.5 Å². The summed E-state index contributed by atoms with van der Waals surface area (Å²) >= 11 is 5.61. The first-order chi connectivity index (χ1) is 6.81. The molecule has 0 aliphatic carbocycles. The van der Waals surface area contributed by atoms with Crippen molar-refractivity contribution in [3.8, 4) is 11.5 Å². The number of aryl methyl sites for hydroxylation is 1. The summed E-state index contributed by atoms with van der Waals surface area (Å²) in [6, 6.07) is 1.77. The van der Waals surface area contributed by atoms with Crippen LogP contribution in [0.1, 0.15) is 11.4 Å². The fourth-order valence-electron chi connectivity index (χ4n) is 1.14. The standard InChI is InChI=1S/C9H8ClN3O/c1-6-9(12-3-2-11-6)8-4-7(5-10)13-14-8/h2-4H,5H2,1H3. The predicted octanol–water partition coefficient (Wildman–Crippen LogP) is 2.18. The fraction of sp³-hybridized carbons (Fsp3) is 0.222. The van der Waals surface area contributed by atoms with E-state index in [0.29, 0.717) is 23.0 Å². The SMILES string of the molecule is Cc1nccnc1-c1cc(CCl)no1. The van der Waals surface area contributed by atoms with Gasteiger partial charge in [-0.1, -0.05) is 5.16 Å². The van der Waals surface area contributed by atoms with Gasteiger partial charge >= 0.3 is 0 Å². The van der Waals surface area contributed by atoms with Gasteiger partial charge in [0.15, 0.2) is 5.76 Å². The molecule has 0 radical (unpaired) electrons. The van der Waals surface area contributed by atoms with Gasteiger partial charge < -0.3 is 4.52 Å². The molecule has 0 aliphatic rings. The van der Waals surface area contributed by atoms with Gasteiger partial charge in [-0.2, -0.15) is 0 Å². The van der Waals surface area contributed by atoms with Gasteiger partial charge in [-0.25, -0.2) is 4.98 Å². The van der Waals surface area contributed by atoms with Gasteiger partial charge in [0.1, 0.15) is 5.69 Å². The minimum Gasteiger partial charge on any atom is -0.354 e. The Labute approximate surface area is 85.9 Å². The Kier molecular flexibility index (Phi) is 2.45. The van der Waals surface area contributed by atoms with Crippen molar-refractivity contribution in [1.82, 2.24) is 15.1 Å². The van der Waals surface area contributed by atoms with Gasteiger partial charge in [0.05, 0.1) is 17.3 Å². The minimum atomic E-state index is 0.336. The predicted molar refractivity (Wildman–Crippen MR) is 51.8 cm³/mol. The molecule has 0 saturated carbocycles. The fourth-order valence-corrected chi connectivity index (χ4v) is 1.26. The molecule has 0 spiro atoms. The van der Waals surface area contributed by atoms with Crippen LogP contribution in [0, 0.1) is 6.92 Å². The van der Waals surface area contributed by atoms with Crippen LogP contribution in [0.3, 0.4) is 0 Å². The zero-order chi connectivity index (χ0) is 9.97. The van der Waals surface area contributed by atoms with Crippen LogP contribution >= 0.6 is 11.6 Å². The quantitative estimate of drug-likeness (QED) is 0.712. The Morgan fingerprint density at radius 3 is 2.79 bits per heavy atom. The molecule has 0 unspecified atom stereocenters. The van der Waals surface area contributed by atoms with E-state index in [9.17, 15) is 0 Å². The monoisotopic (exact) mass is 209 g/mol. The van der Waals surface area contributed by atoms with E-state index >= 15 is 0 Å². The first-order valence-electron chi connectivity index (χ1n) is 4.11. The highest BCUT2D eigenvalue weighted by Crippen LogP contribution is 2.20. The van der Waals surface area contributed by atoms with Crippen LogP contribution in [-0.2, 0) is 5.88 Å². The smallest absolute Gasteiger partial charge is 0.187 e. The molecule has 72 valence electrons. The second-order valence-electron chi connectivity index (χ2n) is 2.81. The molecule has 0 amide bonds. The van der Waals surface area contributed by atoms with Crippen LogP contribution in [0.15, 0.2) is 23.0 Å². The molecule has 4 nitrogen and oxygen atoms in total. The number of nitrogens with zero attached hydrogens (tertiary/aromatic N) is 3. The molecule has 2 aromatic rings. The highest BCUT2D eigenvalue weighted by atomic mass is 35.5. The van der Waals surface area contributed by atoms with E-state index in [-0.39, 0.29) is 0 Å². The molecule has 0 N–H and O–H groups in total. The van der Waals surface area contributed by atoms with Crippen molar-refractivity contribution in [2.75, 3.05) is 0 Å². The Bertz CT molecular complexity index is 441. The summed E-state index contributed by atoms with van der Waals surface area (Å²) in [6.45, 7) is 1.87. The van der Waals surface area contributed by atoms with Crippen LogP contribution in [0.5, 0.6) is 0 Å². The molecule has 2 aromatic heterocycles. The third kappa shape index (κ3) is 1.61. The molecular weight excluding hydrogens is 202 g/mol. The third-order valence-electron chi connectivity index (χ3n) is 1.81. The van der Waals surface area contributed by atoms with Crippen LogP contribution in [0.4, 0.5) is 0 Å². The van der Waals surface area contributed by atoms with Gasteiger partial charge in [0.2, 0.25) is 0 Å². The van der Waals surface area contributed by atoms with Crippen molar-refractivity contribution >= 4 is 11.6 Å². The first-order valence-corrected chi connectivity index (χ1v) is 4.64. The molecule has 0 atom stereocenters. The summed E-state index contributed by atoms with van der Waals surface area (Å²) in [5.41, 5.74) is 2.22. The number of rotatable bonds is 2. The summed E-state index contributed by atoms with van der Waals surface area (Å²) in [4.78, 5) is 8.26. The summed E-state index contributed by atoms with van der Waals surface area (Å²) in [5.74, 6) is 0.939. The molecule has 0 fully saturated rings. The number of halogens is 1. The van der Waals surface area contributed by atoms with E-state index in [1.807, 2.05) is 6.92 Å². The van der Waals surface area contributed by atoms with Gasteiger partial charge in [-0.15, -0.1) is 11.6 Å². The van der Waals surface area contributed by atoms with Crippen molar-refractivity contribution in [2.45, 2.75) is 12.8 Å². The van der Waals surface area contributed by atoms with E-state index in [4.69, 9.17) is 16.1 Å². The summed E-state index contributed by atoms with van der Waals surface area (Å²) < 4.78 is 5.09. The van der Waals surface area contributed by atoms with Crippen molar-refractivity contribution in [1.29, 1.82) is 0 Å². The lowest BCUT2D eigenvalue weighted by Gasteiger charge is -1.96. The Morgan fingerprint density at radius 2 is 2.14 bits per heavy atom. The van der Waals surface area contributed by atoms with E-state index in [1.165, 1.54) is 0 Å². The van der Waals surface area contributed by atoms with Crippen LogP contribution < -0.4 is 0 Å². The first kappa shape index (κ1) is 9.15. The average Bonchev–Trinajstić information content (AvgIpc) is 2.67. The van der Waals surface area contributed by atoms with Crippen LogP contribution in [-0.4, -0.2) is 15.1 Å². The van der Waals surface area contributed by atoms with E-state index in [0.717, 1.165) is 5.69 Å². The topological polar surface area (TPSA) is 51.8 Å². The zero-order valence-electron chi connectivity index (χ0n) is 7.57. The van der Waals surface area contributed by atoms with Gasteiger partial charge in [0.25, 0.3) is 0 Å². The molecule has 14 heavy (non-hydrogen) atoms. The minimum absolute atomic E-state index is 0.336. The Morgan fingerprint density at radius 1 is 1.36 bits per heavy atom. The molecule has 2 heterocycles. The van der Waals surface area contributed by atoms with Gasteiger partial charge in [-0.05, 0) is 6.92 Å². The highest BCUT2D eigenvalue weighted by Gasteiger charge is 2.09. The van der Waals surface area contributed by atoms with E-state index < -0.39 is 0 Å². The van der Waals surface area contributed by atoms with Crippen molar-refractivity contribution in [3.05, 3.63) is 29.8 Å². The van der Waals surface area contributed by atoms with Gasteiger partial charge in [0, 0.05) is 18.5 Å². The molecule has 2 rings (SSSR count). The van der Waals surface area contributed by atoms with E-state index in [1.54, 1.807) is 18.5 Å². The molecule has 0 aliphatic heterocycles. The van der Waals surface area contributed by atoms with Crippen LogP contribution in [0.2, 0.25) is 0 Å². The maximum atomic E-state index is 5.61. The molecule has 5 heteroatoms. The summed E-state index contributed by atoms with van der Waals surface area (Å²) in [7, 11) is 0. The third-order valence-corrected chi connectivity index (χ3v) is 2.08. The lowest BCUT2D eigenvalue weighted by atomic mass is 10.2. The molecular formula is C9H8ClN3O.